The van der Waals surface area contributed by atoms with E-state index in [1.807, 2.05) is 24.4 Å². The van der Waals surface area contributed by atoms with Gasteiger partial charge in [0.15, 0.2) is 5.96 Å². The van der Waals surface area contributed by atoms with Crippen molar-refractivity contribution in [2.24, 2.45) is 4.99 Å². The van der Waals surface area contributed by atoms with Gasteiger partial charge in [0, 0.05) is 44.5 Å². The molecule has 0 atom stereocenters. The number of hydrogen-bond acceptors (Lipinski definition) is 4. The molecule has 0 saturated carbocycles. The Bertz CT molecular complexity index is 837. The summed E-state index contributed by atoms with van der Waals surface area (Å²) < 4.78 is 0. The number of likely N-dealkylation sites (N-methyl/N-ethyl adjacent to an activating group) is 1. The lowest BCUT2D eigenvalue weighted by Crippen LogP contribution is -2.50. The molecule has 2 aromatic rings. The number of carbonyl (C=O) groups is 1. The summed E-state index contributed by atoms with van der Waals surface area (Å²) in [5, 5.41) is 9.60. The molecule has 1 aromatic heterocycles. The van der Waals surface area contributed by atoms with Gasteiger partial charge in [0.05, 0.1) is 18.8 Å². The molecule has 0 aliphatic carbocycles. The summed E-state index contributed by atoms with van der Waals surface area (Å²) in [6, 6.07) is 14.7. The van der Waals surface area contributed by atoms with Gasteiger partial charge < -0.3 is 16.0 Å². The van der Waals surface area contributed by atoms with Crippen molar-refractivity contribution in [2.75, 3.05) is 33.2 Å². The lowest BCUT2D eigenvalue weighted by molar-refractivity contribution is -0.122. The van der Waals surface area contributed by atoms with Crippen molar-refractivity contribution in [1.29, 1.82) is 0 Å². The van der Waals surface area contributed by atoms with Gasteiger partial charge in [-0.1, -0.05) is 24.3 Å². The molecule has 7 nitrogen and oxygen atoms in total. The summed E-state index contributed by atoms with van der Waals surface area (Å²) in [6.07, 6.45) is 3.81. The normalized spacial score (nSPS) is 15.1. The number of nitrogens with zero attached hydrogens (tertiary/aromatic N) is 3. The molecule has 31 heavy (non-hydrogen) atoms. The van der Waals surface area contributed by atoms with Crippen LogP contribution in [0.4, 0.5) is 0 Å². The Kier molecular flexibility index (Phi) is 10.7. The first-order valence-electron chi connectivity index (χ1n) is 10.7. The van der Waals surface area contributed by atoms with Crippen LogP contribution in [0.2, 0.25) is 0 Å². The lowest BCUT2D eigenvalue weighted by atomic mass is 10.1. The number of nitrogens with one attached hydrogen (secondary N) is 3. The van der Waals surface area contributed by atoms with Gasteiger partial charge in [-0.05, 0) is 43.5 Å². The first-order chi connectivity index (χ1) is 14.7. The van der Waals surface area contributed by atoms with Gasteiger partial charge >= 0.3 is 0 Å². The number of halogens is 1. The molecule has 3 rings (SSSR count). The highest BCUT2D eigenvalue weighted by Gasteiger charge is 2.21. The zero-order valence-electron chi connectivity index (χ0n) is 18.3. The molecule has 1 saturated heterocycles. The summed E-state index contributed by atoms with van der Waals surface area (Å²) in [7, 11) is 1.68. The van der Waals surface area contributed by atoms with Crippen LogP contribution in [-0.4, -0.2) is 61.0 Å². The van der Waals surface area contributed by atoms with Gasteiger partial charge in [-0.3, -0.25) is 14.7 Å². The largest absolute Gasteiger partial charge is 0.358 e. The summed E-state index contributed by atoms with van der Waals surface area (Å²) in [5.41, 5.74) is 3.22. The predicted octanol–water partition coefficient (Wildman–Crippen LogP) is 2.63. The van der Waals surface area contributed by atoms with Crippen molar-refractivity contribution in [3.63, 3.8) is 0 Å². The van der Waals surface area contributed by atoms with Crippen LogP contribution in [0.15, 0.2) is 53.7 Å². The van der Waals surface area contributed by atoms with Gasteiger partial charge in [-0.2, -0.15) is 0 Å². The molecule has 168 valence electrons. The minimum absolute atomic E-state index is 0. The minimum Gasteiger partial charge on any atom is -0.358 e. The molecule has 1 amide bonds. The van der Waals surface area contributed by atoms with Crippen molar-refractivity contribution in [3.05, 3.63) is 54.2 Å². The lowest BCUT2D eigenvalue weighted by Gasteiger charge is -2.32. The number of aromatic nitrogens is 1. The second-order valence-corrected chi connectivity index (χ2v) is 7.48. The molecule has 3 N–H and O–H groups in total. The van der Waals surface area contributed by atoms with Crippen LogP contribution in [0.5, 0.6) is 0 Å². The summed E-state index contributed by atoms with van der Waals surface area (Å²) in [6.45, 7) is 5.79. The first-order valence-corrected chi connectivity index (χ1v) is 10.7. The maximum Gasteiger partial charge on any atom is 0.233 e. The molecule has 0 spiro atoms. The van der Waals surface area contributed by atoms with E-state index in [-0.39, 0.29) is 29.9 Å². The van der Waals surface area contributed by atoms with Crippen LogP contribution in [-0.2, 0) is 11.3 Å². The molecule has 1 fully saturated rings. The van der Waals surface area contributed by atoms with Crippen LogP contribution in [0.1, 0.15) is 25.3 Å². The predicted molar refractivity (Wildman–Crippen MR) is 137 cm³/mol. The minimum atomic E-state index is 0. The smallest absolute Gasteiger partial charge is 0.233 e. The average molecular weight is 536 g/mol. The Morgan fingerprint density at radius 3 is 2.68 bits per heavy atom. The fourth-order valence-corrected chi connectivity index (χ4v) is 3.56. The van der Waals surface area contributed by atoms with E-state index in [0.29, 0.717) is 19.1 Å². The van der Waals surface area contributed by atoms with E-state index in [1.54, 1.807) is 7.05 Å². The monoisotopic (exact) mass is 536 g/mol. The molecule has 8 heteroatoms. The number of benzene rings is 1. The number of carbonyl (C=O) groups excluding carboxylic acids is 1. The Morgan fingerprint density at radius 2 is 2.00 bits per heavy atom. The SMILES string of the molecule is CCNC(=NCc1cccc(-c2ccccn2)c1)NC1CCN(CC(=O)NC)CC1.I. The van der Waals surface area contributed by atoms with Crippen molar-refractivity contribution in [1.82, 2.24) is 25.8 Å². The average Bonchev–Trinajstić information content (AvgIpc) is 2.79. The molecule has 0 radical (unpaired) electrons. The quantitative estimate of drug-likeness (QED) is 0.288. The van der Waals surface area contributed by atoms with Gasteiger partial charge in [-0.25, -0.2) is 4.99 Å². The molecular weight excluding hydrogens is 503 g/mol. The molecule has 1 aliphatic heterocycles. The van der Waals surface area contributed by atoms with E-state index < -0.39 is 0 Å². The van der Waals surface area contributed by atoms with Crippen LogP contribution in [0, 0.1) is 0 Å². The molecule has 1 aromatic carbocycles. The van der Waals surface area contributed by atoms with E-state index in [0.717, 1.165) is 55.3 Å². The number of guanidine groups is 1. The number of hydrogen-bond donors (Lipinski definition) is 3. The molecule has 0 bridgehead atoms. The Morgan fingerprint density at radius 1 is 1.19 bits per heavy atom. The van der Waals surface area contributed by atoms with Crippen molar-refractivity contribution in [3.8, 4) is 11.3 Å². The van der Waals surface area contributed by atoms with Gasteiger partial charge in [-0.15, -0.1) is 24.0 Å². The number of amides is 1. The van der Waals surface area contributed by atoms with Crippen molar-refractivity contribution in [2.45, 2.75) is 32.4 Å². The highest BCUT2D eigenvalue weighted by atomic mass is 127. The number of aliphatic imine (C=N–C) groups is 1. The fraction of sp³-hybridized carbons (Fsp3) is 0.435. The van der Waals surface area contributed by atoms with E-state index in [1.165, 1.54) is 0 Å². The topological polar surface area (TPSA) is 81.7 Å². The first kappa shape index (κ1) is 25.1. The summed E-state index contributed by atoms with van der Waals surface area (Å²) in [4.78, 5) is 23.0. The molecule has 1 aliphatic rings. The zero-order chi connectivity index (χ0) is 21.2. The number of piperidine rings is 1. The third-order valence-electron chi connectivity index (χ3n) is 5.23. The van der Waals surface area contributed by atoms with Crippen molar-refractivity contribution >= 4 is 35.8 Å². The third-order valence-corrected chi connectivity index (χ3v) is 5.23. The highest BCUT2D eigenvalue weighted by molar-refractivity contribution is 14.0. The maximum atomic E-state index is 11.6. The zero-order valence-corrected chi connectivity index (χ0v) is 20.6. The molecular formula is C23H33IN6O. The fourth-order valence-electron chi connectivity index (χ4n) is 3.56. The standard InChI is InChI=1S/C23H32N6O.HI/c1-3-25-23(28-20-10-13-29(14-11-20)17-22(30)24-2)27-16-18-7-6-8-19(15-18)21-9-4-5-12-26-21;/h4-9,12,15,20H,3,10-11,13-14,16-17H2,1-2H3,(H,24,30)(H2,25,27,28);1H. The molecule has 2 heterocycles. The summed E-state index contributed by atoms with van der Waals surface area (Å²) in [5.74, 6) is 0.912. The van der Waals surface area contributed by atoms with E-state index in [4.69, 9.17) is 4.99 Å². The van der Waals surface area contributed by atoms with Gasteiger partial charge in [0.2, 0.25) is 5.91 Å². The Hall–Kier alpha value is -2.20. The highest BCUT2D eigenvalue weighted by Crippen LogP contribution is 2.18. The number of likely N-dealkylation sites (tertiary alicyclic amines) is 1. The molecule has 0 unspecified atom stereocenters. The Labute approximate surface area is 202 Å². The van der Waals surface area contributed by atoms with Gasteiger partial charge in [0.25, 0.3) is 0 Å². The third kappa shape index (κ3) is 8.10. The van der Waals surface area contributed by atoms with Gasteiger partial charge in [0.1, 0.15) is 0 Å². The second kappa shape index (κ2) is 13.3. The van der Waals surface area contributed by atoms with Crippen LogP contribution >= 0.6 is 24.0 Å². The maximum absolute atomic E-state index is 11.6. The van der Waals surface area contributed by atoms with Crippen LogP contribution in [0.3, 0.4) is 0 Å². The summed E-state index contributed by atoms with van der Waals surface area (Å²) >= 11 is 0. The van der Waals surface area contributed by atoms with E-state index in [2.05, 4.69) is 57.0 Å². The Balaban J connectivity index is 0.00000341. The van der Waals surface area contributed by atoms with E-state index >= 15 is 0 Å². The van der Waals surface area contributed by atoms with Crippen LogP contribution < -0.4 is 16.0 Å². The van der Waals surface area contributed by atoms with Crippen molar-refractivity contribution < 1.29 is 4.79 Å². The number of rotatable bonds is 7. The second-order valence-electron chi connectivity index (χ2n) is 7.48. The van der Waals surface area contributed by atoms with E-state index in [9.17, 15) is 4.79 Å². The number of pyridine rings is 1. The van der Waals surface area contributed by atoms with Crippen LogP contribution in [0.25, 0.3) is 11.3 Å².